The largest absolute Gasteiger partial charge is 0.312 e. The van der Waals surface area contributed by atoms with Crippen molar-refractivity contribution in [3.8, 4) is 0 Å². The van der Waals surface area contributed by atoms with Crippen molar-refractivity contribution in [3.05, 3.63) is 21.4 Å². The molecule has 17 heavy (non-hydrogen) atoms. The molecule has 0 aromatic carbocycles. The van der Waals surface area contributed by atoms with Gasteiger partial charge in [-0.2, -0.15) is 0 Å². The van der Waals surface area contributed by atoms with Gasteiger partial charge in [-0.25, -0.2) is 0 Å². The Morgan fingerprint density at radius 1 is 1.53 bits per heavy atom. The van der Waals surface area contributed by atoms with Gasteiger partial charge in [0.15, 0.2) is 0 Å². The molecule has 2 rings (SSSR count). The van der Waals surface area contributed by atoms with Gasteiger partial charge < -0.3 is 5.32 Å². The number of aryl methyl sites for hydroxylation is 1. The Morgan fingerprint density at radius 3 is 3.00 bits per heavy atom. The van der Waals surface area contributed by atoms with Crippen molar-refractivity contribution < 1.29 is 0 Å². The number of rotatable bonds is 5. The molecular formula is C14H24N2S. The van der Waals surface area contributed by atoms with Crippen LogP contribution in [0.25, 0.3) is 0 Å². The number of likely N-dealkylation sites (tertiary alicyclic amines) is 1. The second kappa shape index (κ2) is 5.98. The zero-order chi connectivity index (χ0) is 12.3. The van der Waals surface area contributed by atoms with Gasteiger partial charge in [0, 0.05) is 28.9 Å². The van der Waals surface area contributed by atoms with Gasteiger partial charge in [0.05, 0.1) is 0 Å². The van der Waals surface area contributed by atoms with Gasteiger partial charge >= 0.3 is 0 Å². The minimum absolute atomic E-state index is 0.770. The van der Waals surface area contributed by atoms with E-state index in [0.717, 1.165) is 25.7 Å². The van der Waals surface area contributed by atoms with Crippen LogP contribution in [0.15, 0.2) is 6.07 Å². The van der Waals surface area contributed by atoms with Crippen molar-refractivity contribution in [1.29, 1.82) is 0 Å². The summed E-state index contributed by atoms with van der Waals surface area (Å²) in [5.74, 6) is 0. The summed E-state index contributed by atoms with van der Waals surface area (Å²) >= 11 is 1.95. The summed E-state index contributed by atoms with van der Waals surface area (Å²) in [4.78, 5) is 5.59. The molecule has 1 aromatic heterocycles. The molecule has 1 N–H and O–H groups in total. The molecular weight excluding hydrogens is 228 g/mol. The van der Waals surface area contributed by atoms with Gasteiger partial charge in [0.1, 0.15) is 0 Å². The van der Waals surface area contributed by atoms with E-state index < -0.39 is 0 Å². The van der Waals surface area contributed by atoms with Crippen LogP contribution in [0.2, 0.25) is 0 Å². The normalized spacial score (nSPS) is 21.2. The van der Waals surface area contributed by atoms with E-state index in [2.05, 4.69) is 37.1 Å². The van der Waals surface area contributed by atoms with Crippen LogP contribution in [0.4, 0.5) is 0 Å². The lowest BCUT2D eigenvalue weighted by Crippen LogP contribution is -2.26. The second-order valence-electron chi connectivity index (χ2n) is 5.04. The number of hydrogen-bond acceptors (Lipinski definition) is 3. The Kier molecular flexibility index (Phi) is 4.60. The zero-order valence-corrected chi connectivity index (χ0v) is 12.1. The molecule has 0 radical (unpaired) electrons. The number of nitrogens with zero attached hydrogens (tertiary/aromatic N) is 1. The molecule has 0 amide bonds. The van der Waals surface area contributed by atoms with E-state index in [9.17, 15) is 0 Å². The lowest BCUT2D eigenvalue weighted by molar-refractivity contribution is 0.260. The molecule has 1 saturated heterocycles. The Morgan fingerprint density at radius 2 is 2.35 bits per heavy atom. The van der Waals surface area contributed by atoms with Crippen molar-refractivity contribution in [2.75, 3.05) is 13.1 Å². The zero-order valence-electron chi connectivity index (χ0n) is 11.3. The summed E-state index contributed by atoms with van der Waals surface area (Å²) in [5, 5.41) is 3.40. The van der Waals surface area contributed by atoms with Crippen molar-refractivity contribution in [2.45, 2.75) is 52.7 Å². The molecule has 2 heterocycles. The second-order valence-corrected chi connectivity index (χ2v) is 6.38. The van der Waals surface area contributed by atoms with E-state index in [1.165, 1.54) is 34.7 Å². The van der Waals surface area contributed by atoms with Crippen LogP contribution in [0.5, 0.6) is 0 Å². The highest BCUT2D eigenvalue weighted by atomic mass is 32.1. The molecule has 0 bridgehead atoms. The van der Waals surface area contributed by atoms with Gasteiger partial charge in [0.25, 0.3) is 0 Å². The predicted octanol–water partition coefficient (Wildman–Crippen LogP) is 3.15. The SMILES string of the molecule is CCNCc1cc(CN2CCCC2C)c(C)s1. The minimum atomic E-state index is 0.770. The van der Waals surface area contributed by atoms with Gasteiger partial charge in [-0.05, 0) is 51.4 Å². The van der Waals surface area contributed by atoms with Crippen LogP contribution in [0.3, 0.4) is 0 Å². The van der Waals surface area contributed by atoms with E-state index in [0.29, 0.717) is 0 Å². The van der Waals surface area contributed by atoms with Crippen molar-refractivity contribution in [3.63, 3.8) is 0 Å². The maximum Gasteiger partial charge on any atom is 0.0299 e. The van der Waals surface area contributed by atoms with E-state index in [1.54, 1.807) is 0 Å². The Balaban J connectivity index is 1.97. The standard InChI is InChI=1S/C14H24N2S/c1-4-15-9-14-8-13(12(3)17-14)10-16-7-5-6-11(16)2/h8,11,15H,4-7,9-10H2,1-3H3. The van der Waals surface area contributed by atoms with Gasteiger partial charge in [-0.3, -0.25) is 4.90 Å². The molecule has 1 aromatic rings. The average Bonchev–Trinajstić information content (AvgIpc) is 2.85. The first kappa shape index (κ1) is 13.1. The number of nitrogens with one attached hydrogen (secondary N) is 1. The van der Waals surface area contributed by atoms with Crippen LogP contribution in [0.1, 0.15) is 42.0 Å². The van der Waals surface area contributed by atoms with Crippen molar-refractivity contribution in [2.24, 2.45) is 0 Å². The number of thiophene rings is 1. The minimum Gasteiger partial charge on any atom is -0.312 e. The molecule has 0 aliphatic carbocycles. The summed E-state index contributed by atoms with van der Waals surface area (Å²) in [5.41, 5.74) is 1.54. The molecule has 2 nitrogen and oxygen atoms in total. The summed E-state index contributed by atoms with van der Waals surface area (Å²) in [6, 6.07) is 3.17. The molecule has 96 valence electrons. The Labute approximate surface area is 109 Å². The fraction of sp³-hybridized carbons (Fsp3) is 0.714. The first-order valence-electron chi connectivity index (χ1n) is 6.73. The van der Waals surface area contributed by atoms with Crippen LogP contribution < -0.4 is 5.32 Å². The molecule has 1 fully saturated rings. The van der Waals surface area contributed by atoms with Crippen molar-refractivity contribution >= 4 is 11.3 Å². The molecule has 1 atom stereocenters. The molecule has 0 spiro atoms. The third-order valence-electron chi connectivity index (χ3n) is 3.68. The highest BCUT2D eigenvalue weighted by molar-refractivity contribution is 7.12. The quantitative estimate of drug-likeness (QED) is 0.866. The number of hydrogen-bond donors (Lipinski definition) is 1. The lowest BCUT2D eigenvalue weighted by atomic mass is 10.2. The lowest BCUT2D eigenvalue weighted by Gasteiger charge is -2.20. The average molecular weight is 252 g/mol. The first-order chi connectivity index (χ1) is 8.20. The Hall–Kier alpha value is -0.380. The van der Waals surface area contributed by atoms with Crippen LogP contribution in [0, 0.1) is 6.92 Å². The van der Waals surface area contributed by atoms with Crippen LogP contribution in [-0.2, 0) is 13.1 Å². The van der Waals surface area contributed by atoms with Gasteiger partial charge in [0.2, 0.25) is 0 Å². The van der Waals surface area contributed by atoms with Crippen LogP contribution in [-0.4, -0.2) is 24.0 Å². The molecule has 3 heteroatoms. The maximum atomic E-state index is 3.40. The Bertz CT molecular complexity index is 359. The van der Waals surface area contributed by atoms with Crippen LogP contribution >= 0.6 is 11.3 Å². The van der Waals surface area contributed by atoms with E-state index in [-0.39, 0.29) is 0 Å². The van der Waals surface area contributed by atoms with E-state index in [4.69, 9.17) is 0 Å². The summed E-state index contributed by atoms with van der Waals surface area (Å²) in [6.07, 6.45) is 2.74. The van der Waals surface area contributed by atoms with Crippen molar-refractivity contribution in [1.82, 2.24) is 10.2 Å². The predicted molar refractivity (Wildman–Crippen MR) is 75.5 cm³/mol. The maximum absolute atomic E-state index is 3.40. The molecule has 1 aliphatic rings. The van der Waals surface area contributed by atoms with Gasteiger partial charge in [-0.1, -0.05) is 6.92 Å². The van der Waals surface area contributed by atoms with E-state index in [1.807, 2.05) is 11.3 Å². The van der Waals surface area contributed by atoms with Gasteiger partial charge in [-0.15, -0.1) is 11.3 Å². The summed E-state index contributed by atoms with van der Waals surface area (Å²) < 4.78 is 0. The summed E-state index contributed by atoms with van der Waals surface area (Å²) in [6.45, 7) is 11.3. The molecule has 1 aliphatic heterocycles. The third-order valence-corrected chi connectivity index (χ3v) is 4.78. The smallest absolute Gasteiger partial charge is 0.0299 e. The fourth-order valence-corrected chi connectivity index (χ4v) is 3.55. The monoisotopic (exact) mass is 252 g/mol. The topological polar surface area (TPSA) is 15.3 Å². The third kappa shape index (κ3) is 3.30. The molecule has 0 saturated carbocycles. The highest BCUT2D eigenvalue weighted by Gasteiger charge is 2.21. The fourth-order valence-electron chi connectivity index (χ4n) is 2.53. The van der Waals surface area contributed by atoms with E-state index >= 15 is 0 Å². The highest BCUT2D eigenvalue weighted by Crippen LogP contribution is 2.26. The first-order valence-corrected chi connectivity index (χ1v) is 7.55. The molecule has 1 unspecified atom stereocenters. The summed E-state index contributed by atoms with van der Waals surface area (Å²) in [7, 11) is 0.